The Morgan fingerprint density at radius 3 is 2.52 bits per heavy atom. The van der Waals surface area contributed by atoms with Gasteiger partial charge in [0.05, 0.1) is 10.6 Å². The fraction of sp³-hybridized carbons (Fsp3) is 0.111. The van der Waals surface area contributed by atoms with Crippen LogP contribution in [0.2, 0.25) is 0 Å². The third-order valence-corrected chi connectivity index (χ3v) is 4.48. The van der Waals surface area contributed by atoms with Crippen molar-refractivity contribution in [3.8, 4) is 11.3 Å². The van der Waals surface area contributed by atoms with Crippen LogP contribution in [0.1, 0.15) is 21.5 Å². The first-order chi connectivity index (χ1) is 11.9. The second-order valence-corrected chi connectivity index (χ2v) is 6.47. The number of aromatic nitrogens is 1. The first-order valence-corrected chi connectivity index (χ1v) is 8.41. The van der Waals surface area contributed by atoms with Gasteiger partial charge in [-0.3, -0.25) is 20.2 Å². The Labute approximate surface area is 148 Å². The van der Waals surface area contributed by atoms with Crippen LogP contribution in [0.25, 0.3) is 11.3 Å². The van der Waals surface area contributed by atoms with Crippen LogP contribution in [0.3, 0.4) is 0 Å². The second kappa shape index (κ2) is 6.82. The highest BCUT2D eigenvalue weighted by molar-refractivity contribution is 7.14. The lowest BCUT2D eigenvalue weighted by Crippen LogP contribution is -2.11. The summed E-state index contributed by atoms with van der Waals surface area (Å²) >= 11 is 1.34. The van der Waals surface area contributed by atoms with Gasteiger partial charge < -0.3 is 0 Å². The molecular weight excluding hydrogens is 338 g/mol. The highest BCUT2D eigenvalue weighted by Gasteiger charge is 2.13. The topological polar surface area (TPSA) is 85.1 Å². The number of hydrogen-bond acceptors (Lipinski definition) is 5. The van der Waals surface area contributed by atoms with Gasteiger partial charge in [-0.15, -0.1) is 11.3 Å². The van der Waals surface area contributed by atoms with Crippen LogP contribution in [0.5, 0.6) is 0 Å². The summed E-state index contributed by atoms with van der Waals surface area (Å²) in [5.74, 6) is -0.351. The number of nitrogens with one attached hydrogen (secondary N) is 1. The number of carbonyl (C=O) groups excluding carboxylic acids is 1. The quantitative estimate of drug-likeness (QED) is 0.549. The number of aryl methyl sites for hydroxylation is 2. The molecular formula is C18H15N3O3S. The van der Waals surface area contributed by atoms with Crippen LogP contribution in [-0.4, -0.2) is 15.8 Å². The third-order valence-electron chi connectivity index (χ3n) is 3.72. The number of non-ortho nitro benzene ring substituents is 1. The molecule has 126 valence electrons. The minimum absolute atomic E-state index is 0.0528. The lowest BCUT2D eigenvalue weighted by Gasteiger charge is -2.04. The third kappa shape index (κ3) is 3.72. The molecule has 1 heterocycles. The summed E-state index contributed by atoms with van der Waals surface area (Å²) in [5, 5.41) is 15.8. The maximum absolute atomic E-state index is 12.2. The molecule has 0 aliphatic carbocycles. The van der Waals surface area contributed by atoms with Crippen molar-refractivity contribution in [2.45, 2.75) is 13.8 Å². The fourth-order valence-corrected chi connectivity index (χ4v) is 3.17. The number of amides is 1. The van der Waals surface area contributed by atoms with E-state index in [1.165, 1.54) is 41.2 Å². The number of carbonyl (C=O) groups is 1. The average Bonchev–Trinajstić information content (AvgIpc) is 3.03. The highest BCUT2D eigenvalue weighted by Crippen LogP contribution is 2.28. The van der Waals surface area contributed by atoms with Crippen molar-refractivity contribution in [2.75, 3.05) is 5.32 Å². The Bertz CT molecular complexity index is 948. The molecule has 1 amide bonds. The van der Waals surface area contributed by atoms with Gasteiger partial charge in [0, 0.05) is 28.6 Å². The van der Waals surface area contributed by atoms with Gasteiger partial charge in [0.2, 0.25) is 0 Å². The van der Waals surface area contributed by atoms with Crippen LogP contribution >= 0.6 is 11.3 Å². The molecule has 0 bridgehead atoms. The van der Waals surface area contributed by atoms with Crippen molar-refractivity contribution in [3.63, 3.8) is 0 Å². The molecule has 3 rings (SSSR count). The molecule has 1 aromatic heterocycles. The summed E-state index contributed by atoms with van der Waals surface area (Å²) in [7, 11) is 0. The van der Waals surface area contributed by atoms with Gasteiger partial charge in [0.1, 0.15) is 0 Å². The van der Waals surface area contributed by atoms with Crippen molar-refractivity contribution in [3.05, 3.63) is 74.6 Å². The summed E-state index contributed by atoms with van der Waals surface area (Å²) in [6, 6.07) is 11.6. The van der Waals surface area contributed by atoms with Crippen LogP contribution in [0.4, 0.5) is 10.8 Å². The van der Waals surface area contributed by atoms with Crippen molar-refractivity contribution in [2.24, 2.45) is 0 Å². The largest absolute Gasteiger partial charge is 0.298 e. The van der Waals surface area contributed by atoms with Gasteiger partial charge in [-0.05, 0) is 31.5 Å². The second-order valence-electron chi connectivity index (χ2n) is 5.61. The molecule has 0 atom stereocenters. The number of nitro benzene ring substituents is 1. The maximum Gasteiger partial charge on any atom is 0.269 e. The van der Waals surface area contributed by atoms with E-state index in [1.807, 2.05) is 31.4 Å². The van der Waals surface area contributed by atoms with Gasteiger partial charge in [-0.1, -0.05) is 23.8 Å². The molecule has 0 radical (unpaired) electrons. The molecule has 3 aromatic rings. The van der Waals surface area contributed by atoms with Gasteiger partial charge in [-0.25, -0.2) is 4.98 Å². The molecule has 0 aliphatic rings. The van der Waals surface area contributed by atoms with E-state index in [2.05, 4.69) is 16.4 Å². The fourth-order valence-electron chi connectivity index (χ4n) is 2.46. The van der Waals surface area contributed by atoms with Gasteiger partial charge in [0.25, 0.3) is 11.6 Å². The Morgan fingerprint density at radius 1 is 1.16 bits per heavy atom. The molecule has 0 aliphatic heterocycles. The molecule has 0 saturated carbocycles. The lowest BCUT2D eigenvalue weighted by atomic mass is 10.0. The first kappa shape index (κ1) is 16.8. The SMILES string of the molecule is Cc1ccc(-c2csc(NC(=O)c3ccc([N+](=O)[O-])cc3)n2)c(C)c1. The molecule has 0 spiro atoms. The molecule has 2 aromatic carbocycles. The van der Waals surface area contributed by atoms with Crippen LogP contribution in [0.15, 0.2) is 47.8 Å². The number of nitrogens with zero attached hydrogens (tertiary/aromatic N) is 2. The van der Waals surface area contributed by atoms with E-state index >= 15 is 0 Å². The normalized spacial score (nSPS) is 10.5. The van der Waals surface area contributed by atoms with Gasteiger partial charge >= 0.3 is 0 Å². The maximum atomic E-state index is 12.2. The number of rotatable bonds is 4. The van der Waals surface area contributed by atoms with Crippen LogP contribution < -0.4 is 5.32 Å². The van der Waals surface area contributed by atoms with E-state index < -0.39 is 4.92 Å². The Balaban J connectivity index is 1.76. The Morgan fingerprint density at radius 2 is 1.88 bits per heavy atom. The van der Waals surface area contributed by atoms with Crippen LogP contribution in [-0.2, 0) is 0 Å². The number of hydrogen-bond donors (Lipinski definition) is 1. The number of benzene rings is 2. The average molecular weight is 353 g/mol. The zero-order valence-electron chi connectivity index (χ0n) is 13.6. The standard InChI is InChI=1S/C18H15N3O3S/c1-11-3-8-15(12(2)9-11)16-10-25-18(19-16)20-17(22)13-4-6-14(7-5-13)21(23)24/h3-10H,1-2H3,(H,19,20,22). The van der Waals surface area contributed by atoms with Gasteiger partial charge in [0.15, 0.2) is 5.13 Å². The van der Waals surface area contributed by atoms with Crippen molar-refractivity contribution < 1.29 is 9.72 Å². The van der Waals surface area contributed by atoms with Crippen molar-refractivity contribution in [1.29, 1.82) is 0 Å². The monoisotopic (exact) mass is 353 g/mol. The molecule has 6 nitrogen and oxygen atoms in total. The molecule has 7 heteroatoms. The smallest absolute Gasteiger partial charge is 0.269 e. The molecule has 0 saturated heterocycles. The summed E-state index contributed by atoms with van der Waals surface area (Å²) in [4.78, 5) is 26.9. The van der Waals surface area contributed by atoms with Gasteiger partial charge in [-0.2, -0.15) is 0 Å². The number of nitro groups is 1. The van der Waals surface area contributed by atoms with E-state index in [-0.39, 0.29) is 11.6 Å². The summed E-state index contributed by atoms with van der Waals surface area (Å²) in [6.45, 7) is 4.06. The lowest BCUT2D eigenvalue weighted by molar-refractivity contribution is -0.384. The molecule has 0 fully saturated rings. The Hall–Kier alpha value is -3.06. The molecule has 0 unspecified atom stereocenters. The molecule has 1 N–H and O–H groups in total. The van der Waals surface area contributed by atoms with E-state index in [0.29, 0.717) is 10.7 Å². The van der Waals surface area contributed by atoms with Crippen LogP contribution in [0, 0.1) is 24.0 Å². The van der Waals surface area contributed by atoms with E-state index in [1.54, 1.807) is 0 Å². The summed E-state index contributed by atoms with van der Waals surface area (Å²) in [6.07, 6.45) is 0. The predicted octanol–water partition coefficient (Wildman–Crippen LogP) is 4.59. The van der Waals surface area contributed by atoms with Crippen molar-refractivity contribution in [1.82, 2.24) is 4.98 Å². The Kier molecular flexibility index (Phi) is 4.58. The predicted molar refractivity (Wildman–Crippen MR) is 98.1 cm³/mol. The minimum Gasteiger partial charge on any atom is -0.298 e. The van der Waals surface area contributed by atoms with Crippen molar-refractivity contribution >= 4 is 28.1 Å². The highest BCUT2D eigenvalue weighted by atomic mass is 32.1. The summed E-state index contributed by atoms with van der Waals surface area (Å²) < 4.78 is 0. The van der Waals surface area contributed by atoms with E-state index in [0.717, 1.165) is 16.8 Å². The zero-order valence-corrected chi connectivity index (χ0v) is 14.5. The molecule has 25 heavy (non-hydrogen) atoms. The van der Waals surface area contributed by atoms with E-state index in [4.69, 9.17) is 0 Å². The number of anilines is 1. The first-order valence-electron chi connectivity index (χ1n) is 7.53. The summed E-state index contributed by atoms with van der Waals surface area (Å²) in [5.41, 5.74) is 4.43. The number of thiazole rings is 1. The van der Waals surface area contributed by atoms with E-state index in [9.17, 15) is 14.9 Å². The zero-order chi connectivity index (χ0) is 18.0. The minimum atomic E-state index is -0.501.